The highest BCUT2D eigenvalue weighted by Crippen LogP contribution is 2.33. The summed E-state index contributed by atoms with van der Waals surface area (Å²) < 4.78 is 48.3. The van der Waals surface area contributed by atoms with Crippen LogP contribution in [-0.2, 0) is 26.4 Å². The van der Waals surface area contributed by atoms with Crippen molar-refractivity contribution in [2.75, 3.05) is 17.4 Å². The number of nitriles is 1. The van der Waals surface area contributed by atoms with Gasteiger partial charge in [0.1, 0.15) is 5.69 Å². The third-order valence-electron chi connectivity index (χ3n) is 4.51. The van der Waals surface area contributed by atoms with Crippen LogP contribution in [0.1, 0.15) is 26.5 Å². The summed E-state index contributed by atoms with van der Waals surface area (Å²) in [5, 5.41) is 9.52. The number of thiazole rings is 1. The molecule has 3 rings (SSSR count). The minimum Gasteiger partial charge on any atom is -0.313 e. The molecule has 0 aliphatic rings. The molecule has 3 aromatic rings. The minimum absolute atomic E-state index is 0.00788. The third kappa shape index (κ3) is 6.16. The molecule has 0 atom stereocenters. The molecular formula is C21H20N4O5S3. The first-order valence-corrected chi connectivity index (χ1v) is 14.0. The second-order valence-corrected chi connectivity index (χ2v) is 12.2. The van der Waals surface area contributed by atoms with Crippen molar-refractivity contribution in [2.24, 2.45) is 0 Å². The fraction of sp³-hybridized carbons (Fsp3) is 0.190. The van der Waals surface area contributed by atoms with Gasteiger partial charge in [0, 0.05) is 16.8 Å². The summed E-state index contributed by atoms with van der Waals surface area (Å²) in [5.74, 6) is -0.824. The van der Waals surface area contributed by atoms with Gasteiger partial charge in [0.25, 0.3) is 5.91 Å². The van der Waals surface area contributed by atoms with Crippen LogP contribution in [0.25, 0.3) is 0 Å². The van der Waals surface area contributed by atoms with Gasteiger partial charge in [-0.05, 0) is 48.9 Å². The maximum Gasteiger partial charge on any atom is 0.284 e. The summed E-state index contributed by atoms with van der Waals surface area (Å²) in [6.07, 6.45) is 2.02. The molecule has 9 nitrogen and oxygen atoms in total. The first-order chi connectivity index (χ1) is 15.4. The molecule has 0 saturated carbocycles. The van der Waals surface area contributed by atoms with Gasteiger partial charge in [0.05, 0.1) is 29.3 Å². The van der Waals surface area contributed by atoms with Crippen molar-refractivity contribution in [3.05, 3.63) is 70.2 Å². The number of rotatable bonds is 7. The van der Waals surface area contributed by atoms with Crippen LogP contribution in [0.5, 0.6) is 0 Å². The quantitative estimate of drug-likeness (QED) is 0.518. The lowest BCUT2D eigenvalue weighted by Crippen LogP contribution is -2.30. The van der Waals surface area contributed by atoms with Crippen molar-refractivity contribution in [3.63, 3.8) is 0 Å². The van der Waals surface area contributed by atoms with E-state index in [4.69, 9.17) is 5.26 Å². The maximum atomic E-state index is 12.4. The number of sulfonamides is 1. The highest BCUT2D eigenvalue weighted by molar-refractivity contribution is 7.90. The van der Waals surface area contributed by atoms with Gasteiger partial charge in [-0.15, -0.1) is 11.3 Å². The van der Waals surface area contributed by atoms with Gasteiger partial charge in [-0.25, -0.2) is 26.5 Å². The molecule has 0 radical (unpaired) electrons. The lowest BCUT2D eigenvalue weighted by Gasteiger charge is -2.22. The maximum absolute atomic E-state index is 12.4. The van der Waals surface area contributed by atoms with Crippen molar-refractivity contribution >= 4 is 47.9 Å². The topological polar surface area (TPSA) is 137 Å². The van der Waals surface area contributed by atoms with Crippen molar-refractivity contribution in [1.82, 2.24) is 9.71 Å². The number of nitrogens with one attached hydrogen (secondary N) is 1. The molecule has 1 aromatic heterocycles. The number of nitrogens with zero attached hydrogens (tertiary/aromatic N) is 3. The number of aryl methyl sites for hydroxylation is 1. The Morgan fingerprint density at radius 1 is 1.06 bits per heavy atom. The van der Waals surface area contributed by atoms with E-state index in [-0.39, 0.29) is 17.1 Å². The van der Waals surface area contributed by atoms with Gasteiger partial charge in [-0.2, -0.15) is 5.26 Å². The van der Waals surface area contributed by atoms with Gasteiger partial charge >= 0.3 is 0 Å². The molecule has 0 saturated heterocycles. The molecule has 33 heavy (non-hydrogen) atoms. The number of amides is 1. The Balaban J connectivity index is 2.02. The van der Waals surface area contributed by atoms with Crippen LogP contribution in [0.2, 0.25) is 0 Å². The number of carbonyl (C=O) groups is 1. The van der Waals surface area contributed by atoms with Crippen molar-refractivity contribution in [1.29, 1.82) is 5.26 Å². The van der Waals surface area contributed by atoms with E-state index in [0.717, 1.165) is 18.1 Å². The van der Waals surface area contributed by atoms with Gasteiger partial charge in [-0.3, -0.25) is 4.79 Å². The Morgan fingerprint density at radius 2 is 1.67 bits per heavy atom. The fourth-order valence-corrected chi connectivity index (χ4v) is 4.93. The number of benzene rings is 2. The molecule has 1 heterocycles. The zero-order valence-electron chi connectivity index (χ0n) is 17.9. The lowest BCUT2D eigenvalue weighted by atomic mass is 10.2. The normalized spacial score (nSPS) is 11.6. The highest BCUT2D eigenvalue weighted by Gasteiger charge is 2.22. The van der Waals surface area contributed by atoms with Crippen LogP contribution in [0.4, 0.5) is 10.8 Å². The average molecular weight is 505 g/mol. The molecule has 172 valence electrons. The number of sulfone groups is 1. The molecule has 0 aliphatic heterocycles. The van der Waals surface area contributed by atoms with E-state index < -0.39 is 25.8 Å². The van der Waals surface area contributed by atoms with Gasteiger partial charge in [0.2, 0.25) is 10.0 Å². The SMILES string of the molecule is Cc1sc(N(Cc2ccc(S(C)(=O)=O)cc2)c2ccc(C#N)cc2)nc1C(=O)NS(C)(=O)=O. The number of hydrogen-bond acceptors (Lipinski definition) is 9. The Kier molecular flexibility index (Phi) is 6.87. The molecule has 0 unspecified atom stereocenters. The molecule has 12 heteroatoms. The van der Waals surface area contributed by atoms with E-state index >= 15 is 0 Å². The summed E-state index contributed by atoms with van der Waals surface area (Å²) in [6, 6.07) is 15.2. The molecular weight excluding hydrogens is 484 g/mol. The number of aromatic nitrogens is 1. The smallest absolute Gasteiger partial charge is 0.284 e. The lowest BCUT2D eigenvalue weighted by molar-refractivity contribution is 0.0977. The first-order valence-electron chi connectivity index (χ1n) is 9.43. The number of hydrogen-bond donors (Lipinski definition) is 1. The van der Waals surface area contributed by atoms with Crippen LogP contribution in [0.3, 0.4) is 0 Å². The standard InChI is InChI=1S/C21H20N4O5S3/c1-14-19(20(26)24-33(3,29)30)23-21(31-14)25(17-8-4-15(12-22)5-9-17)13-16-6-10-18(11-7-16)32(2,27)28/h4-11H,13H2,1-3H3,(H,24,26). The summed E-state index contributed by atoms with van der Waals surface area (Å²) in [6.45, 7) is 1.95. The van der Waals surface area contributed by atoms with Crippen molar-refractivity contribution in [3.8, 4) is 6.07 Å². The average Bonchev–Trinajstić information content (AvgIpc) is 3.12. The highest BCUT2D eigenvalue weighted by atomic mass is 32.2. The Bertz CT molecular complexity index is 1440. The molecule has 0 fully saturated rings. The molecule has 1 amide bonds. The predicted molar refractivity (Wildman–Crippen MR) is 126 cm³/mol. The van der Waals surface area contributed by atoms with Crippen LogP contribution in [0.15, 0.2) is 53.4 Å². The van der Waals surface area contributed by atoms with Crippen LogP contribution in [0, 0.1) is 18.3 Å². The largest absolute Gasteiger partial charge is 0.313 e. The zero-order valence-corrected chi connectivity index (χ0v) is 20.4. The van der Waals surface area contributed by atoms with E-state index in [9.17, 15) is 21.6 Å². The Morgan fingerprint density at radius 3 is 2.18 bits per heavy atom. The summed E-state index contributed by atoms with van der Waals surface area (Å²) in [4.78, 5) is 19.3. The molecule has 1 N–H and O–H groups in total. The first kappa shape index (κ1) is 24.4. The van der Waals surface area contributed by atoms with Gasteiger partial charge < -0.3 is 4.90 Å². The molecule has 0 aliphatic carbocycles. The molecule has 0 spiro atoms. The Labute approximate surface area is 196 Å². The fourth-order valence-electron chi connectivity index (χ4n) is 2.94. The Hall–Kier alpha value is -3.27. The van der Waals surface area contributed by atoms with E-state index in [1.165, 1.54) is 23.5 Å². The van der Waals surface area contributed by atoms with Crippen molar-refractivity contribution in [2.45, 2.75) is 18.4 Å². The summed E-state index contributed by atoms with van der Waals surface area (Å²) >= 11 is 1.21. The summed E-state index contributed by atoms with van der Waals surface area (Å²) in [5.41, 5.74) is 1.93. The molecule has 2 aromatic carbocycles. The van der Waals surface area contributed by atoms with Crippen LogP contribution in [-0.4, -0.2) is 40.2 Å². The number of anilines is 2. The third-order valence-corrected chi connectivity index (χ3v) is 7.19. The van der Waals surface area contributed by atoms with Crippen LogP contribution < -0.4 is 9.62 Å². The van der Waals surface area contributed by atoms with E-state index in [1.54, 1.807) is 48.2 Å². The number of carbonyl (C=O) groups excluding carboxylic acids is 1. The molecule has 0 bridgehead atoms. The minimum atomic E-state index is -3.75. The monoisotopic (exact) mass is 504 g/mol. The van der Waals surface area contributed by atoms with E-state index in [2.05, 4.69) is 11.1 Å². The second-order valence-electron chi connectivity index (χ2n) is 7.27. The predicted octanol–water partition coefficient (Wildman–Crippen LogP) is 2.75. The van der Waals surface area contributed by atoms with Crippen molar-refractivity contribution < 1.29 is 21.6 Å². The zero-order chi connectivity index (χ0) is 24.4. The van der Waals surface area contributed by atoms with Crippen LogP contribution >= 0.6 is 11.3 Å². The van der Waals surface area contributed by atoms with Gasteiger partial charge in [-0.1, -0.05) is 12.1 Å². The van der Waals surface area contributed by atoms with E-state index in [1.807, 2.05) is 4.72 Å². The van der Waals surface area contributed by atoms with Gasteiger partial charge in [0.15, 0.2) is 15.0 Å². The second kappa shape index (κ2) is 9.30. The van der Waals surface area contributed by atoms with E-state index in [0.29, 0.717) is 21.3 Å². The summed E-state index contributed by atoms with van der Waals surface area (Å²) in [7, 11) is -7.09.